The van der Waals surface area contributed by atoms with Gasteiger partial charge < -0.3 is 9.64 Å². The third kappa shape index (κ3) is 3.62. The molecule has 0 aromatic heterocycles. The van der Waals surface area contributed by atoms with Gasteiger partial charge in [-0.25, -0.2) is 13.2 Å². The van der Waals surface area contributed by atoms with E-state index in [1.165, 1.54) is 35.2 Å². The highest BCUT2D eigenvalue weighted by Gasteiger charge is 2.35. The van der Waals surface area contributed by atoms with E-state index >= 15 is 0 Å². The zero-order chi connectivity index (χ0) is 22.2. The Bertz CT molecular complexity index is 1310. The number of amides is 1. The highest BCUT2D eigenvalue weighted by atomic mass is 32.2. The Hall–Kier alpha value is -3.78. The summed E-state index contributed by atoms with van der Waals surface area (Å²) < 4.78 is 31.0. The monoisotopic (exact) mass is 435 g/mol. The number of esters is 1. The van der Waals surface area contributed by atoms with Crippen molar-refractivity contribution >= 4 is 33.2 Å². The van der Waals surface area contributed by atoms with Crippen molar-refractivity contribution in [3.8, 4) is 0 Å². The largest absolute Gasteiger partial charge is 0.452 e. The number of para-hydroxylation sites is 1. The van der Waals surface area contributed by atoms with Crippen molar-refractivity contribution in [1.82, 2.24) is 0 Å². The van der Waals surface area contributed by atoms with Gasteiger partial charge in [-0.3, -0.25) is 9.59 Å². The maximum atomic E-state index is 13.0. The van der Waals surface area contributed by atoms with Crippen molar-refractivity contribution in [2.24, 2.45) is 0 Å². The number of likely N-dealkylation sites (N-methyl/N-ethyl adjacent to an activating group) is 1. The number of hydrogen-bond donors (Lipinski definition) is 0. The summed E-state index contributed by atoms with van der Waals surface area (Å²) in [5.41, 5.74) is 0.667. The minimum absolute atomic E-state index is 0.00450. The highest BCUT2D eigenvalue weighted by molar-refractivity contribution is 7.91. The number of ether oxygens (including phenoxy) is 1. The molecule has 0 unspecified atom stereocenters. The zero-order valence-corrected chi connectivity index (χ0v) is 17.3. The molecule has 1 heterocycles. The van der Waals surface area contributed by atoms with Crippen molar-refractivity contribution in [3.05, 3.63) is 89.5 Å². The Labute approximate surface area is 178 Å². The molecule has 0 saturated carbocycles. The summed E-state index contributed by atoms with van der Waals surface area (Å²) in [6.45, 7) is -0.518. The second-order valence-corrected chi connectivity index (χ2v) is 8.79. The number of rotatable bonds is 4. The number of ketones is 1. The number of carbonyl (C=O) groups is 3. The fourth-order valence-electron chi connectivity index (χ4n) is 3.31. The van der Waals surface area contributed by atoms with E-state index in [0.29, 0.717) is 5.69 Å². The summed E-state index contributed by atoms with van der Waals surface area (Å²) in [4.78, 5) is 38.4. The maximum Gasteiger partial charge on any atom is 0.338 e. The van der Waals surface area contributed by atoms with Gasteiger partial charge in [-0.2, -0.15) is 0 Å². The molecule has 0 atom stereocenters. The molecule has 0 bridgehead atoms. The Morgan fingerprint density at radius 3 is 2.26 bits per heavy atom. The van der Waals surface area contributed by atoms with Gasteiger partial charge in [0, 0.05) is 23.9 Å². The van der Waals surface area contributed by atoms with E-state index in [9.17, 15) is 22.8 Å². The first-order valence-corrected chi connectivity index (χ1v) is 10.8. The van der Waals surface area contributed by atoms with Gasteiger partial charge in [0.25, 0.3) is 5.91 Å². The van der Waals surface area contributed by atoms with Crippen molar-refractivity contribution < 1.29 is 27.5 Å². The van der Waals surface area contributed by atoms with E-state index in [0.717, 1.165) is 6.07 Å². The lowest BCUT2D eigenvalue weighted by molar-refractivity contribution is -0.121. The summed E-state index contributed by atoms with van der Waals surface area (Å²) in [6.07, 6.45) is 0. The lowest BCUT2D eigenvalue weighted by Crippen LogP contribution is -2.31. The summed E-state index contributed by atoms with van der Waals surface area (Å²) in [5, 5.41) is 0. The fourth-order valence-corrected chi connectivity index (χ4v) is 4.99. The van der Waals surface area contributed by atoms with Gasteiger partial charge in [0.05, 0.1) is 15.4 Å². The molecule has 4 rings (SSSR count). The molecule has 0 N–H and O–H groups in total. The Morgan fingerprint density at radius 1 is 0.871 bits per heavy atom. The fraction of sp³-hybridized carbons (Fsp3) is 0.0870. The van der Waals surface area contributed by atoms with Crippen LogP contribution in [0.1, 0.15) is 26.3 Å². The van der Waals surface area contributed by atoms with Crippen LogP contribution in [-0.4, -0.2) is 39.7 Å². The zero-order valence-electron chi connectivity index (χ0n) is 16.4. The molecule has 31 heavy (non-hydrogen) atoms. The van der Waals surface area contributed by atoms with Crippen LogP contribution in [0.15, 0.2) is 82.6 Å². The number of carbonyl (C=O) groups excluding carboxylic acids is 3. The van der Waals surface area contributed by atoms with E-state index in [2.05, 4.69) is 0 Å². The van der Waals surface area contributed by atoms with Crippen molar-refractivity contribution in [2.75, 3.05) is 18.6 Å². The lowest BCUT2D eigenvalue weighted by atomic mass is 10.0. The average molecular weight is 435 g/mol. The van der Waals surface area contributed by atoms with Gasteiger partial charge >= 0.3 is 5.97 Å². The van der Waals surface area contributed by atoms with Crippen LogP contribution < -0.4 is 4.90 Å². The normalized spacial score (nSPS) is 13.6. The van der Waals surface area contributed by atoms with Gasteiger partial charge in [0.2, 0.25) is 9.84 Å². The predicted octanol–water partition coefficient (Wildman–Crippen LogP) is 2.88. The van der Waals surface area contributed by atoms with Crippen LogP contribution in [0.5, 0.6) is 0 Å². The second-order valence-electron chi connectivity index (χ2n) is 6.90. The van der Waals surface area contributed by atoms with Crippen molar-refractivity contribution in [1.29, 1.82) is 0 Å². The number of fused-ring (bicyclic) bond motifs is 2. The molecule has 1 aliphatic rings. The van der Waals surface area contributed by atoms with E-state index < -0.39 is 34.1 Å². The topological polar surface area (TPSA) is 97.8 Å². The molecule has 156 valence electrons. The third-order valence-corrected chi connectivity index (χ3v) is 6.87. The van der Waals surface area contributed by atoms with Crippen LogP contribution in [0.25, 0.3) is 0 Å². The molecule has 1 aliphatic heterocycles. The number of anilines is 1. The molecular formula is C23H17NO6S. The first-order chi connectivity index (χ1) is 14.8. The third-order valence-electron chi connectivity index (χ3n) is 5.02. The minimum Gasteiger partial charge on any atom is -0.452 e. The van der Waals surface area contributed by atoms with E-state index in [1.807, 2.05) is 6.07 Å². The molecular weight excluding hydrogens is 418 g/mol. The molecule has 1 amide bonds. The molecule has 0 radical (unpaired) electrons. The SMILES string of the molecule is CN(C(=O)COC(=O)c1ccc2c(c1)S(=O)(=O)c1ccccc1C2=O)c1ccccc1. The van der Waals surface area contributed by atoms with Gasteiger partial charge in [-0.05, 0) is 42.5 Å². The summed E-state index contributed by atoms with van der Waals surface area (Å²) in [7, 11) is -2.42. The van der Waals surface area contributed by atoms with Crippen LogP contribution in [0, 0.1) is 0 Å². The van der Waals surface area contributed by atoms with Crippen molar-refractivity contribution in [2.45, 2.75) is 9.79 Å². The predicted molar refractivity (Wildman–Crippen MR) is 112 cm³/mol. The van der Waals surface area contributed by atoms with Gasteiger partial charge in [-0.1, -0.05) is 30.3 Å². The highest BCUT2D eigenvalue weighted by Crippen LogP contribution is 2.34. The maximum absolute atomic E-state index is 13.0. The molecule has 7 nitrogen and oxygen atoms in total. The number of hydrogen-bond acceptors (Lipinski definition) is 6. The van der Waals surface area contributed by atoms with Gasteiger partial charge in [0.15, 0.2) is 12.4 Å². The lowest BCUT2D eigenvalue weighted by Gasteiger charge is -2.19. The first-order valence-electron chi connectivity index (χ1n) is 9.32. The molecule has 3 aromatic carbocycles. The van der Waals surface area contributed by atoms with Crippen LogP contribution in [0.3, 0.4) is 0 Å². The molecule has 0 aliphatic carbocycles. The number of benzene rings is 3. The first kappa shape index (κ1) is 20.5. The van der Waals surface area contributed by atoms with Crippen LogP contribution >= 0.6 is 0 Å². The van der Waals surface area contributed by atoms with E-state index in [4.69, 9.17) is 4.74 Å². The summed E-state index contributed by atoms with van der Waals surface area (Å²) in [6, 6.07) is 18.5. The molecule has 0 saturated heterocycles. The number of nitrogens with zero attached hydrogens (tertiary/aromatic N) is 1. The van der Waals surface area contributed by atoms with Gasteiger partial charge in [0.1, 0.15) is 0 Å². The average Bonchev–Trinajstić information content (AvgIpc) is 2.80. The van der Waals surface area contributed by atoms with E-state index in [1.54, 1.807) is 37.4 Å². The quantitative estimate of drug-likeness (QED) is 0.457. The van der Waals surface area contributed by atoms with Crippen LogP contribution in [-0.2, 0) is 19.4 Å². The van der Waals surface area contributed by atoms with Crippen molar-refractivity contribution in [3.63, 3.8) is 0 Å². The van der Waals surface area contributed by atoms with E-state index in [-0.39, 0.29) is 26.5 Å². The Balaban J connectivity index is 1.55. The number of sulfone groups is 1. The summed E-state index contributed by atoms with van der Waals surface area (Å²) in [5.74, 6) is -1.74. The van der Waals surface area contributed by atoms with Crippen LogP contribution in [0.4, 0.5) is 5.69 Å². The molecule has 0 fully saturated rings. The Morgan fingerprint density at radius 2 is 1.52 bits per heavy atom. The van der Waals surface area contributed by atoms with Gasteiger partial charge in [-0.15, -0.1) is 0 Å². The summed E-state index contributed by atoms with van der Waals surface area (Å²) >= 11 is 0. The molecule has 3 aromatic rings. The molecule has 0 spiro atoms. The molecule has 8 heteroatoms. The van der Waals surface area contributed by atoms with Crippen LogP contribution in [0.2, 0.25) is 0 Å². The standard InChI is InChI=1S/C23H17NO6S/c1-24(16-7-3-2-4-8-16)21(25)14-30-23(27)15-11-12-18-20(13-15)31(28,29)19-10-6-5-9-17(19)22(18)26/h2-13H,14H2,1H3. The smallest absolute Gasteiger partial charge is 0.338 e. The second kappa shape index (κ2) is 7.81. The Kier molecular flexibility index (Phi) is 5.16. The minimum atomic E-state index is -3.97.